The standard InChI is InChI=1S/C17H29N7O.HI/c1-4-18-16(22-9-8-19-15(25)14(2)3)23-10-12-24(13-11-23)17-20-6-5-7-21-17;/h5-7,14H,4,8-13H2,1-3H3,(H,18,22)(H,19,25);1H. The first-order valence-electron chi connectivity index (χ1n) is 8.94. The number of nitrogens with zero attached hydrogens (tertiary/aromatic N) is 5. The fourth-order valence-electron chi connectivity index (χ4n) is 2.54. The molecule has 0 radical (unpaired) electrons. The van der Waals surface area contributed by atoms with Gasteiger partial charge < -0.3 is 20.4 Å². The van der Waals surface area contributed by atoms with E-state index in [-0.39, 0.29) is 35.8 Å². The van der Waals surface area contributed by atoms with Crippen LogP contribution in [0.25, 0.3) is 0 Å². The minimum absolute atomic E-state index is 0. The van der Waals surface area contributed by atoms with Crippen LogP contribution in [-0.2, 0) is 4.79 Å². The van der Waals surface area contributed by atoms with Crippen LogP contribution in [0.2, 0.25) is 0 Å². The van der Waals surface area contributed by atoms with E-state index in [1.165, 1.54) is 0 Å². The van der Waals surface area contributed by atoms with Crippen molar-refractivity contribution in [2.24, 2.45) is 10.9 Å². The summed E-state index contributed by atoms with van der Waals surface area (Å²) in [5, 5.41) is 6.23. The van der Waals surface area contributed by atoms with Gasteiger partial charge in [0.05, 0.1) is 6.54 Å². The van der Waals surface area contributed by atoms with Gasteiger partial charge in [-0.3, -0.25) is 9.79 Å². The van der Waals surface area contributed by atoms with Gasteiger partial charge in [0.2, 0.25) is 11.9 Å². The molecule has 1 aliphatic rings. The summed E-state index contributed by atoms with van der Waals surface area (Å²) < 4.78 is 0. The van der Waals surface area contributed by atoms with Gasteiger partial charge in [-0.05, 0) is 13.0 Å². The van der Waals surface area contributed by atoms with Gasteiger partial charge in [0, 0.05) is 57.6 Å². The summed E-state index contributed by atoms with van der Waals surface area (Å²) in [6.45, 7) is 11.2. The summed E-state index contributed by atoms with van der Waals surface area (Å²) in [5.74, 6) is 1.75. The first kappa shape index (κ1) is 22.4. The summed E-state index contributed by atoms with van der Waals surface area (Å²) in [4.78, 5) is 29.3. The predicted molar refractivity (Wildman–Crippen MR) is 115 cm³/mol. The van der Waals surface area contributed by atoms with Crippen LogP contribution in [0.3, 0.4) is 0 Å². The molecule has 2 N–H and O–H groups in total. The van der Waals surface area contributed by atoms with E-state index in [9.17, 15) is 4.79 Å². The molecule has 1 aromatic heterocycles. The molecule has 2 rings (SSSR count). The van der Waals surface area contributed by atoms with E-state index in [0.29, 0.717) is 13.1 Å². The molecule has 1 fully saturated rings. The van der Waals surface area contributed by atoms with Gasteiger partial charge >= 0.3 is 0 Å². The number of amides is 1. The van der Waals surface area contributed by atoms with Crippen molar-refractivity contribution in [2.75, 3.05) is 50.7 Å². The van der Waals surface area contributed by atoms with Crippen LogP contribution in [0.15, 0.2) is 23.5 Å². The number of hydrogen-bond donors (Lipinski definition) is 2. The first-order chi connectivity index (χ1) is 12.1. The van der Waals surface area contributed by atoms with Crippen LogP contribution in [0, 0.1) is 5.92 Å². The van der Waals surface area contributed by atoms with Crippen LogP contribution < -0.4 is 15.5 Å². The van der Waals surface area contributed by atoms with Crippen molar-refractivity contribution in [3.8, 4) is 0 Å². The summed E-state index contributed by atoms with van der Waals surface area (Å²) in [5.41, 5.74) is 0. The Bertz CT molecular complexity index is 559. The number of rotatable bonds is 6. The van der Waals surface area contributed by atoms with Gasteiger partial charge in [0.25, 0.3) is 0 Å². The Morgan fingerprint density at radius 1 is 1.19 bits per heavy atom. The lowest BCUT2D eigenvalue weighted by Crippen LogP contribution is -2.53. The van der Waals surface area contributed by atoms with Crippen molar-refractivity contribution >= 4 is 41.8 Å². The number of halogens is 1. The molecule has 0 atom stereocenters. The minimum atomic E-state index is 0. The molecule has 26 heavy (non-hydrogen) atoms. The third kappa shape index (κ3) is 6.93. The highest BCUT2D eigenvalue weighted by Gasteiger charge is 2.20. The molecule has 2 heterocycles. The molecule has 0 spiro atoms. The van der Waals surface area contributed by atoms with Crippen LogP contribution in [0.4, 0.5) is 5.95 Å². The molecule has 1 amide bonds. The second kappa shape index (κ2) is 11.9. The average Bonchev–Trinajstić information content (AvgIpc) is 2.65. The topological polar surface area (TPSA) is 85.8 Å². The lowest BCUT2D eigenvalue weighted by Gasteiger charge is -2.36. The number of nitrogens with one attached hydrogen (secondary N) is 2. The average molecular weight is 475 g/mol. The van der Waals surface area contributed by atoms with Gasteiger partial charge in [0.1, 0.15) is 0 Å². The zero-order valence-corrected chi connectivity index (χ0v) is 18.1. The molecule has 146 valence electrons. The van der Waals surface area contributed by atoms with E-state index in [0.717, 1.165) is 44.6 Å². The Kier molecular flexibility index (Phi) is 10.2. The molecule has 9 heteroatoms. The third-order valence-electron chi connectivity index (χ3n) is 3.95. The lowest BCUT2D eigenvalue weighted by molar-refractivity contribution is -0.123. The number of aliphatic imine (C=N–C) groups is 1. The Morgan fingerprint density at radius 3 is 2.42 bits per heavy atom. The molecule has 0 unspecified atom stereocenters. The van der Waals surface area contributed by atoms with Gasteiger partial charge in [-0.15, -0.1) is 24.0 Å². The van der Waals surface area contributed by atoms with Crippen LogP contribution in [-0.4, -0.2) is 72.5 Å². The summed E-state index contributed by atoms with van der Waals surface area (Å²) in [6.07, 6.45) is 3.54. The molecule has 1 aliphatic heterocycles. The van der Waals surface area contributed by atoms with Crippen molar-refractivity contribution in [1.82, 2.24) is 25.5 Å². The lowest BCUT2D eigenvalue weighted by atomic mass is 10.2. The maximum Gasteiger partial charge on any atom is 0.225 e. The number of anilines is 1. The normalized spacial score (nSPS) is 14.8. The van der Waals surface area contributed by atoms with Gasteiger partial charge in [0.15, 0.2) is 5.96 Å². The van der Waals surface area contributed by atoms with Gasteiger partial charge in [-0.1, -0.05) is 13.8 Å². The Morgan fingerprint density at radius 2 is 1.85 bits per heavy atom. The number of piperazine rings is 1. The molecule has 8 nitrogen and oxygen atoms in total. The maximum atomic E-state index is 11.6. The molecule has 0 saturated carbocycles. The van der Waals surface area contributed by atoms with Crippen molar-refractivity contribution in [1.29, 1.82) is 0 Å². The van der Waals surface area contributed by atoms with Crippen LogP contribution in [0.5, 0.6) is 0 Å². The Hall–Kier alpha value is -1.65. The SMILES string of the molecule is CCNC(=NCCNC(=O)C(C)C)N1CCN(c2ncccn2)CC1.I. The second-order valence-electron chi connectivity index (χ2n) is 6.20. The number of aromatic nitrogens is 2. The highest BCUT2D eigenvalue weighted by atomic mass is 127. The van der Waals surface area contributed by atoms with Crippen molar-refractivity contribution in [3.05, 3.63) is 18.5 Å². The molecular formula is C17H30IN7O. The maximum absolute atomic E-state index is 11.6. The van der Waals surface area contributed by atoms with Gasteiger partial charge in [-0.2, -0.15) is 0 Å². The van der Waals surface area contributed by atoms with Crippen LogP contribution >= 0.6 is 24.0 Å². The molecular weight excluding hydrogens is 445 g/mol. The fraction of sp³-hybridized carbons (Fsp3) is 0.647. The zero-order chi connectivity index (χ0) is 18.1. The smallest absolute Gasteiger partial charge is 0.225 e. The van der Waals surface area contributed by atoms with Gasteiger partial charge in [-0.25, -0.2) is 9.97 Å². The second-order valence-corrected chi connectivity index (χ2v) is 6.20. The number of hydrogen-bond acceptors (Lipinski definition) is 5. The molecule has 0 bridgehead atoms. The largest absolute Gasteiger partial charge is 0.357 e. The van der Waals surface area contributed by atoms with E-state index in [2.05, 4.69) is 42.3 Å². The molecule has 0 aromatic carbocycles. The zero-order valence-electron chi connectivity index (χ0n) is 15.8. The Balaban J connectivity index is 0.00000338. The predicted octanol–water partition coefficient (Wildman–Crippen LogP) is 0.954. The summed E-state index contributed by atoms with van der Waals surface area (Å²) in [6, 6.07) is 1.83. The number of guanidine groups is 1. The van der Waals surface area contributed by atoms with Crippen molar-refractivity contribution < 1.29 is 4.79 Å². The minimum Gasteiger partial charge on any atom is -0.357 e. The van der Waals surface area contributed by atoms with E-state index < -0.39 is 0 Å². The number of carbonyl (C=O) groups is 1. The van der Waals surface area contributed by atoms with Crippen molar-refractivity contribution in [3.63, 3.8) is 0 Å². The highest BCUT2D eigenvalue weighted by Crippen LogP contribution is 2.09. The van der Waals surface area contributed by atoms with E-state index >= 15 is 0 Å². The van der Waals surface area contributed by atoms with E-state index in [4.69, 9.17) is 0 Å². The third-order valence-corrected chi connectivity index (χ3v) is 3.95. The summed E-state index contributed by atoms with van der Waals surface area (Å²) in [7, 11) is 0. The molecule has 1 aromatic rings. The fourth-order valence-corrected chi connectivity index (χ4v) is 2.54. The monoisotopic (exact) mass is 475 g/mol. The number of carbonyl (C=O) groups excluding carboxylic acids is 1. The Labute approximate surface area is 172 Å². The molecule has 1 saturated heterocycles. The summed E-state index contributed by atoms with van der Waals surface area (Å²) >= 11 is 0. The van der Waals surface area contributed by atoms with Crippen LogP contribution in [0.1, 0.15) is 20.8 Å². The molecule has 0 aliphatic carbocycles. The quantitative estimate of drug-likeness (QED) is 0.276. The van der Waals surface area contributed by atoms with Crippen molar-refractivity contribution in [2.45, 2.75) is 20.8 Å². The van der Waals surface area contributed by atoms with E-state index in [1.54, 1.807) is 12.4 Å². The first-order valence-corrected chi connectivity index (χ1v) is 8.94. The highest BCUT2D eigenvalue weighted by molar-refractivity contribution is 14.0. The van der Waals surface area contributed by atoms with E-state index in [1.807, 2.05) is 19.9 Å².